The van der Waals surface area contributed by atoms with Crippen LogP contribution in [0.25, 0.3) is 0 Å². The molecule has 0 radical (unpaired) electrons. The van der Waals surface area contributed by atoms with Gasteiger partial charge in [0.25, 0.3) is 0 Å². The largest absolute Gasteiger partial charge is 0.495 e. The molecule has 0 bridgehead atoms. The molecule has 0 aliphatic carbocycles. The zero-order chi connectivity index (χ0) is 18.8. The number of hydrogen-bond donors (Lipinski definition) is 1. The first-order valence-electron chi connectivity index (χ1n) is 7.87. The van der Waals surface area contributed by atoms with Crippen molar-refractivity contribution in [3.05, 3.63) is 46.5 Å². The highest BCUT2D eigenvalue weighted by Gasteiger charge is 2.25. The lowest BCUT2D eigenvalue weighted by molar-refractivity contribution is -0.115. The first kappa shape index (κ1) is 18.3. The average molecular weight is 383 g/mol. The van der Waals surface area contributed by atoms with E-state index in [0.717, 1.165) is 6.07 Å². The zero-order valence-corrected chi connectivity index (χ0v) is 15.0. The summed E-state index contributed by atoms with van der Waals surface area (Å²) >= 11 is 6.09. The molecule has 0 saturated heterocycles. The van der Waals surface area contributed by atoms with Gasteiger partial charge in [0, 0.05) is 29.9 Å². The number of nitrogens with one attached hydrogen (secondary N) is 1. The fraction of sp³-hybridized carbons (Fsp3) is 0.278. The quantitative estimate of drug-likeness (QED) is 0.857. The van der Waals surface area contributed by atoms with Gasteiger partial charge in [0.05, 0.1) is 31.5 Å². The van der Waals surface area contributed by atoms with E-state index in [0.29, 0.717) is 46.4 Å². The van der Waals surface area contributed by atoms with Crippen LogP contribution in [0, 0.1) is 11.6 Å². The zero-order valence-electron chi connectivity index (χ0n) is 14.2. The summed E-state index contributed by atoms with van der Waals surface area (Å²) in [6, 6.07) is 5.18. The van der Waals surface area contributed by atoms with Crippen molar-refractivity contribution < 1.29 is 23.0 Å². The van der Waals surface area contributed by atoms with Gasteiger partial charge in [-0.3, -0.25) is 4.79 Å². The Bertz CT molecular complexity index is 861. The molecule has 1 amide bonds. The van der Waals surface area contributed by atoms with E-state index in [-0.39, 0.29) is 12.5 Å². The van der Waals surface area contributed by atoms with Crippen LogP contribution in [0.3, 0.4) is 0 Å². The van der Waals surface area contributed by atoms with Crippen LogP contribution in [0.5, 0.6) is 11.5 Å². The monoisotopic (exact) mass is 382 g/mol. The summed E-state index contributed by atoms with van der Waals surface area (Å²) in [6.45, 7) is 0.381. The highest BCUT2D eigenvalue weighted by Crippen LogP contribution is 2.36. The van der Waals surface area contributed by atoms with Crippen molar-refractivity contribution in [1.82, 2.24) is 0 Å². The van der Waals surface area contributed by atoms with E-state index in [4.69, 9.17) is 21.1 Å². The summed E-state index contributed by atoms with van der Waals surface area (Å²) in [7, 11) is 2.93. The van der Waals surface area contributed by atoms with Gasteiger partial charge in [-0.25, -0.2) is 8.78 Å². The number of methoxy groups -OCH3 is 2. The number of halogens is 3. The van der Waals surface area contributed by atoms with E-state index in [1.807, 2.05) is 0 Å². The topological polar surface area (TPSA) is 50.8 Å². The first-order valence-corrected chi connectivity index (χ1v) is 8.25. The van der Waals surface area contributed by atoms with Gasteiger partial charge >= 0.3 is 0 Å². The Morgan fingerprint density at radius 2 is 1.92 bits per heavy atom. The lowest BCUT2D eigenvalue weighted by atomic mass is 10.1. The fourth-order valence-corrected chi connectivity index (χ4v) is 3.21. The van der Waals surface area contributed by atoms with Crippen LogP contribution in [-0.2, 0) is 11.2 Å². The van der Waals surface area contributed by atoms with Gasteiger partial charge in [-0.05, 0) is 18.6 Å². The molecule has 0 unspecified atom stereocenters. The molecule has 3 rings (SSSR count). The van der Waals surface area contributed by atoms with Crippen LogP contribution in [0.15, 0.2) is 24.3 Å². The Hall–Kier alpha value is -2.54. The lowest BCUT2D eigenvalue weighted by Gasteiger charge is -2.20. The number of rotatable bonds is 5. The summed E-state index contributed by atoms with van der Waals surface area (Å²) in [4.78, 5) is 14.0. The summed E-state index contributed by atoms with van der Waals surface area (Å²) in [6.07, 6.45) is 0.423. The summed E-state index contributed by atoms with van der Waals surface area (Å²) in [5.41, 5.74) is 1.20. The lowest BCUT2D eigenvalue weighted by Crippen LogP contribution is -2.32. The van der Waals surface area contributed by atoms with E-state index in [9.17, 15) is 13.6 Å². The van der Waals surface area contributed by atoms with Gasteiger partial charge in [0.15, 0.2) is 0 Å². The van der Waals surface area contributed by atoms with Crippen LogP contribution in [0.1, 0.15) is 5.56 Å². The number of carbonyl (C=O) groups is 1. The summed E-state index contributed by atoms with van der Waals surface area (Å²) in [5.74, 6) is -0.815. The average Bonchev–Trinajstić information content (AvgIpc) is 2.98. The molecule has 2 aromatic rings. The van der Waals surface area contributed by atoms with Crippen molar-refractivity contribution in [2.24, 2.45) is 0 Å². The van der Waals surface area contributed by atoms with Gasteiger partial charge < -0.3 is 19.7 Å². The van der Waals surface area contributed by atoms with Crippen molar-refractivity contribution in [1.29, 1.82) is 0 Å². The molecule has 0 fully saturated rings. The Labute approximate surface area is 154 Å². The van der Waals surface area contributed by atoms with E-state index in [2.05, 4.69) is 5.32 Å². The molecule has 138 valence electrons. The second-order valence-corrected chi connectivity index (χ2v) is 6.20. The maximum absolute atomic E-state index is 13.8. The molecule has 5 nitrogen and oxygen atoms in total. The Morgan fingerprint density at radius 3 is 2.62 bits per heavy atom. The number of carbonyl (C=O) groups excluding carboxylic acids is 1. The van der Waals surface area contributed by atoms with Gasteiger partial charge in [0.2, 0.25) is 5.91 Å². The summed E-state index contributed by atoms with van der Waals surface area (Å²) < 4.78 is 37.6. The predicted octanol–water partition coefficient (Wildman–Crippen LogP) is 3.64. The first-order chi connectivity index (χ1) is 12.4. The molecule has 1 heterocycles. The third-order valence-electron chi connectivity index (χ3n) is 4.19. The number of fused-ring (bicyclic) bond motifs is 1. The summed E-state index contributed by atoms with van der Waals surface area (Å²) in [5, 5.41) is 3.03. The number of amides is 1. The van der Waals surface area contributed by atoms with Crippen molar-refractivity contribution in [3.8, 4) is 11.5 Å². The third-order valence-corrected chi connectivity index (χ3v) is 4.49. The van der Waals surface area contributed by atoms with Gasteiger partial charge in [-0.2, -0.15) is 0 Å². The molecule has 1 aliphatic heterocycles. The maximum Gasteiger partial charge on any atom is 0.243 e. The highest BCUT2D eigenvalue weighted by molar-refractivity contribution is 6.32. The minimum atomic E-state index is -0.669. The number of hydrogen-bond acceptors (Lipinski definition) is 4. The Kier molecular flexibility index (Phi) is 5.18. The minimum absolute atomic E-state index is 0.0529. The van der Waals surface area contributed by atoms with Crippen molar-refractivity contribution in [2.75, 3.05) is 37.5 Å². The number of benzene rings is 2. The van der Waals surface area contributed by atoms with Gasteiger partial charge in [-0.15, -0.1) is 0 Å². The highest BCUT2D eigenvalue weighted by atomic mass is 35.5. The molecular weight excluding hydrogens is 366 g/mol. The smallest absolute Gasteiger partial charge is 0.243 e. The van der Waals surface area contributed by atoms with E-state index < -0.39 is 11.6 Å². The van der Waals surface area contributed by atoms with Crippen LogP contribution >= 0.6 is 11.6 Å². The number of anilines is 2. The molecule has 0 aromatic heterocycles. The van der Waals surface area contributed by atoms with Gasteiger partial charge in [-0.1, -0.05) is 11.6 Å². The van der Waals surface area contributed by atoms with Crippen molar-refractivity contribution in [2.45, 2.75) is 6.42 Å². The van der Waals surface area contributed by atoms with Crippen LogP contribution in [-0.4, -0.2) is 33.2 Å². The van der Waals surface area contributed by atoms with E-state index in [1.165, 1.54) is 26.4 Å². The molecule has 8 heteroatoms. The van der Waals surface area contributed by atoms with Crippen molar-refractivity contribution in [3.63, 3.8) is 0 Å². The normalized spacial score (nSPS) is 12.7. The van der Waals surface area contributed by atoms with Crippen LogP contribution in [0.2, 0.25) is 5.02 Å². The molecule has 1 N–H and O–H groups in total. The fourth-order valence-electron chi connectivity index (χ4n) is 2.97. The van der Waals surface area contributed by atoms with Crippen molar-refractivity contribution >= 4 is 28.9 Å². The van der Waals surface area contributed by atoms with Crippen LogP contribution < -0.4 is 19.7 Å². The van der Waals surface area contributed by atoms with Gasteiger partial charge in [0.1, 0.15) is 23.1 Å². The predicted molar refractivity (Wildman–Crippen MR) is 95.5 cm³/mol. The Morgan fingerprint density at radius 1 is 1.19 bits per heavy atom. The van der Waals surface area contributed by atoms with E-state index >= 15 is 0 Å². The third kappa shape index (κ3) is 3.53. The Balaban J connectivity index is 1.77. The molecule has 0 atom stereocenters. The number of ether oxygens (including phenoxy) is 2. The molecule has 0 spiro atoms. The molecule has 26 heavy (non-hydrogen) atoms. The minimum Gasteiger partial charge on any atom is -0.495 e. The SMILES string of the molecule is COc1cc(OC)c(NC(=O)CN2CCc3c(F)cc(F)cc32)cc1Cl. The standard InChI is InChI=1S/C18H17ClF2N2O3/c1-25-16-8-17(26-2)14(7-12(16)19)22-18(24)9-23-4-3-11-13(21)5-10(20)6-15(11)23/h5-8H,3-4,9H2,1-2H3,(H,22,24). The molecule has 2 aromatic carbocycles. The van der Waals surface area contributed by atoms with Crippen LogP contribution in [0.4, 0.5) is 20.2 Å². The second-order valence-electron chi connectivity index (χ2n) is 5.79. The number of nitrogens with zero attached hydrogens (tertiary/aromatic N) is 1. The molecular formula is C18H17ClF2N2O3. The maximum atomic E-state index is 13.8. The molecule has 1 aliphatic rings. The van der Waals surface area contributed by atoms with E-state index in [1.54, 1.807) is 11.0 Å². The second kappa shape index (κ2) is 7.37. The molecule has 0 saturated carbocycles.